The summed E-state index contributed by atoms with van der Waals surface area (Å²) < 4.78 is 22.3. The van der Waals surface area contributed by atoms with Crippen molar-refractivity contribution < 1.29 is 28.2 Å². The maximum Gasteiger partial charge on any atom is 0.375 e. The summed E-state index contributed by atoms with van der Waals surface area (Å²) in [6, 6.07) is 21.2. The van der Waals surface area contributed by atoms with Gasteiger partial charge in [0.15, 0.2) is 0 Å². The molecule has 7 nitrogen and oxygen atoms in total. The van der Waals surface area contributed by atoms with E-state index in [-0.39, 0.29) is 5.76 Å². The zero-order valence-electron chi connectivity index (χ0n) is 19.2. The van der Waals surface area contributed by atoms with Crippen LogP contribution in [0.5, 0.6) is 11.5 Å². The van der Waals surface area contributed by atoms with Gasteiger partial charge >= 0.3 is 5.97 Å². The normalized spacial score (nSPS) is 11.6. The monoisotopic (exact) mass is 459 g/mol. The van der Waals surface area contributed by atoms with Crippen LogP contribution in [0, 0.1) is 6.92 Å². The first-order chi connectivity index (χ1) is 16.5. The number of nitrogens with one attached hydrogen (secondary N) is 1. The summed E-state index contributed by atoms with van der Waals surface area (Å²) in [5.41, 5.74) is 2.14. The molecule has 0 saturated heterocycles. The molecule has 0 aliphatic carbocycles. The van der Waals surface area contributed by atoms with Crippen LogP contribution in [0.25, 0.3) is 11.0 Å². The molecule has 174 valence electrons. The number of furan rings is 1. The Morgan fingerprint density at radius 3 is 2.47 bits per heavy atom. The van der Waals surface area contributed by atoms with Crippen LogP contribution < -0.4 is 14.8 Å². The van der Waals surface area contributed by atoms with E-state index in [9.17, 15) is 9.59 Å². The molecule has 0 spiro atoms. The lowest BCUT2D eigenvalue weighted by molar-refractivity contribution is -0.125. The van der Waals surface area contributed by atoms with Crippen LogP contribution in [-0.4, -0.2) is 25.6 Å². The summed E-state index contributed by atoms with van der Waals surface area (Å²) in [6.07, 6.45) is -1.20. The van der Waals surface area contributed by atoms with Crippen molar-refractivity contribution in [1.82, 2.24) is 0 Å². The third-order valence-electron chi connectivity index (χ3n) is 5.34. The second kappa shape index (κ2) is 10.1. The molecule has 0 unspecified atom stereocenters. The summed E-state index contributed by atoms with van der Waals surface area (Å²) in [4.78, 5) is 26.4. The Morgan fingerprint density at radius 1 is 1.00 bits per heavy atom. The summed E-state index contributed by atoms with van der Waals surface area (Å²) in [5.74, 6) is -0.0482. The van der Waals surface area contributed by atoms with Crippen molar-refractivity contribution in [3.63, 3.8) is 0 Å². The van der Waals surface area contributed by atoms with Crippen LogP contribution in [0.1, 0.15) is 34.7 Å². The molecule has 0 aliphatic heterocycles. The smallest absolute Gasteiger partial charge is 0.375 e. The minimum absolute atomic E-state index is 0.0340. The first-order valence-corrected chi connectivity index (χ1v) is 10.9. The van der Waals surface area contributed by atoms with Gasteiger partial charge in [0.25, 0.3) is 5.91 Å². The van der Waals surface area contributed by atoms with Gasteiger partial charge in [-0.1, -0.05) is 42.5 Å². The Morgan fingerprint density at radius 2 is 1.74 bits per heavy atom. The molecule has 0 fully saturated rings. The fraction of sp³-hybridized carbons (Fsp3) is 0.185. The predicted octanol–water partition coefficient (Wildman–Crippen LogP) is 5.69. The maximum absolute atomic E-state index is 13.3. The number of aryl methyl sites for hydroxylation is 1. The van der Waals surface area contributed by atoms with Crippen molar-refractivity contribution in [3.05, 3.63) is 89.7 Å². The number of carbonyl (C=O) groups excluding carboxylic acids is 2. The van der Waals surface area contributed by atoms with Crippen molar-refractivity contribution >= 4 is 28.5 Å². The van der Waals surface area contributed by atoms with Crippen LogP contribution in [0.15, 0.2) is 77.2 Å². The highest BCUT2D eigenvalue weighted by Crippen LogP contribution is 2.31. The first kappa shape index (κ1) is 22.9. The molecule has 0 radical (unpaired) electrons. The fourth-order valence-corrected chi connectivity index (χ4v) is 3.63. The highest BCUT2D eigenvalue weighted by molar-refractivity contribution is 6.00. The van der Waals surface area contributed by atoms with E-state index in [4.69, 9.17) is 18.6 Å². The van der Waals surface area contributed by atoms with Crippen LogP contribution in [0.4, 0.5) is 5.69 Å². The van der Waals surface area contributed by atoms with Gasteiger partial charge < -0.3 is 23.9 Å². The number of para-hydroxylation sites is 2. The van der Waals surface area contributed by atoms with Crippen molar-refractivity contribution in [3.8, 4) is 11.5 Å². The number of anilines is 1. The van der Waals surface area contributed by atoms with Crippen molar-refractivity contribution in [2.45, 2.75) is 20.0 Å². The minimum Gasteiger partial charge on any atom is -0.497 e. The molecule has 0 bridgehead atoms. The lowest BCUT2D eigenvalue weighted by atomic mass is 10.1. The Balaban J connectivity index is 1.64. The molecule has 3 aromatic carbocycles. The number of amides is 1. The summed E-state index contributed by atoms with van der Waals surface area (Å²) in [7, 11) is 1.57. The zero-order chi connectivity index (χ0) is 24.1. The number of ether oxygens (including phenoxy) is 3. The van der Waals surface area contributed by atoms with Crippen LogP contribution in [0.2, 0.25) is 0 Å². The van der Waals surface area contributed by atoms with Crippen molar-refractivity contribution in [1.29, 1.82) is 0 Å². The molecule has 1 N–H and O–H groups in total. The van der Waals surface area contributed by atoms with Gasteiger partial charge in [-0.2, -0.15) is 0 Å². The number of benzene rings is 3. The molecule has 4 rings (SSSR count). The summed E-state index contributed by atoms with van der Waals surface area (Å²) >= 11 is 0. The summed E-state index contributed by atoms with van der Waals surface area (Å²) in [5, 5.41) is 3.55. The fourth-order valence-electron chi connectivity index (χ4n) is 3.63. The molecular formula is C27H25NO6. The predicted molar refractivity (Wildman–Crippen MR) is 128 cm³/mol. The van der Waals surface area contributed by atoms with Gasteiger partial charge in [-0.15, -0.1) is 0 Å². The minimum atomic E-state index is -1.20. The number of hydrogen-bond acceptors (Lipinski definition) is 6. The average molecular weight is 459 g/mol. The molecular weight excluding hydrogens is 434 g/mol. The second-order valence-corrected chi connectivity index (χ2v) is 7.53. The molecule has 7 heteroatoms. The highest BCUT2D eigenvalue weighted by Gasteiger charge is 2.29. The number of carbonyl (C=O) groups is 2. The third kappa shape index (κ3) is 4.73. The molecule has 0 aliphatic rings. The third-order valence-corrected chi connectivity index (χ3v) is 5.34. The Labute approximate surface area is 197 Å². The number of fused-ring (bicyclic) bond motifs is 1. The van der Waals surface area contributed by atoms with E-state index in [1.165, 1.54) is 0 Å². The van der Waals surface area contributed by atoms with Crippen molar-refractivity contribution in [2.24, 2.45) is 0 Å². The van der Waals surface area contributed by atoms with Crippen LogP contribution in [-0.2, 0) is 9.53 Å². The molecule has 1 amide bonds. The highest BCUT2D eigenvalue weighted by atomic mass is 16.6. The Kier molecular flexibility index (Phi) is 6.82. The Hall–Kier alpha value is -4.26. The molecule has 4 aromatic rings. The standard InChI is InChI=1S/C27H25NO6/c1-4-32-23-13-9-8-12-21(23)28-26(29)25(18-10-6-5-7-11-18)34-27(30)24-17(2)20-16-19(31-3)14-15-22(20)33-24/h5-16,25H,4H2,1-3H3,(H,28,29)/t25-/m0/s1. The number of hydrogen-bond donors (Lipinski definition) is 1. The summed E-state index contributed by atoms with van der Waals surface area (Å²) in [6.45, 7) is 4.07. The lowest BCUT2D eigenvalue weighted by Gasteiger charge is -2.19. The van der Waals surface area contributed by atoms with E-state index < -0.39 is 18.0 Å². The molecule has 1 heterocycles. The number of rotatable bonds is 8. The zero-order valence-corrected chi connectivity index (χ0v) is 19.2. The first-order valence-electron chi connectivity index (χ1n) is 10.9. The SMILES string of the molecule is CCOc1ccccc1NC(=O)[C@@H](OC(=O)c1oc2ccc(OC)cc2c1C)c1ccccc1. The lowest BCUT2D eigenvalue weighted by Crippen LogP contribution is -2.26. The van der Waals surface area contributed by atoms with Crippen LogP contribution >= 0.6 is 0 Å². The largest absolute Gasteiger partial charge is 0.497 e. The van der Waals surface area contributed by atoms with Gasteiger partial charge in [0, 0.05) is 16.5 Å². The molecule has 34 heavy (non-hydrogen) atoms. The van der Waals surface area contributed by atoms with Gasteiger partial charge in [-0.25, -0.2) is 4.79 Å². The van der Waals surface area contributed by atoms with E-state index in [0.717, 1.165) is 5.39 Å². The van der Waals surface area contributed by atoms with E-state index in [1.807, 2.05) is 19.1 Å². The van der Waals surface area contributed by atoms with Crippen molar-refractivity contribution in [2.75, 3.05) is 19.0 Å². The Bertz CT molecular complexity index is 1310. The van der Waals surface area contributed by atoms with Gasteiger partial charge in [-0.05, 0) is 44.2 Å². The van der Waals surface area contributed by atoms with E-state index in [2.05, 4.69) is 5.32 Å². The average Bonchev–Trinajstić information content (AvgIpc) is 3.20. The topological polar surface area (TPSA) is 87.0 Å². The maximum atomic E-state index is 13.3. The molecule has 1 atom stereocenters. The van der Waals surface area contributed by atoms with Gasteiger partial charge in [0.1, 0.15) is 17.1 Å². The van der Waals surface area contributed by atoms with Gasteiger partial charge in [0.05, 0.1) is 19.4 Å². The number of esters is 1. The van der Waals surface area contributed by atoms with Crippen LogP contribution in [0.3, 0.4) is 0 Å². The van der Waals surface area contributed by atoms with E-state index in [1.54, 1.807) is 74.7 Å². The second-order valence-electron chi connectivity index (χ2n) is 7.53. The van der Waals surface area contributed by atoms with Gasteiger partial charge in [-0.3, -0.25) is 4.79 Å². The molecule has 1 aromatic heterocycles. The van der Waals surface area contributed by atoms with E-state index in [0.29, 0.717) is 40.5 Å². The number of methoxy groups -OCH3 is 1. The van der Waals surface area contributed by atoms with E-state index >= 15 is 0 Å². The van der Waals surface area contributed by atoms with Gasteiger partial charge in [0.2, 0.25) is 11.9 Å². The quantitative estimate of drug-likeness (QED) is 0.341. The molecule has 0 saturated carbocycles.